The SMILES string of the molecule is Nc1nc2c(ncn2[C@@H]2O[C@@H]3COP([O-])(=S)NC4[C@@H](COP(=O)([S-])N[C@@H]3C2O)O[C@@H](n2cnc3c(N)ncnc32)[C@H]4O)c(=O)[nH]1. The highest BCUT2D eigenvalue weighted by Gasteiger charge is 2.49. The first-order valence-corrected chi connectivity index (χ1v) is 18.4. The Hall–Kier alpha value is -2.63. The Balaban J connectivity index is 1.17. The van der Waals surface area contributed by atoms with Crippen LogP contribution in [0.3, 0.4) is 0 Å². The van der Waals surface area contributed by atoms with Gasteiger partial charge in [-0.05, 0) is 0 Å². The zero-order valence-electron chi connectivity index (χ0n) is 22.5. The minimum Gasteiger partial charge on any atom is -0.789 e. The number of hydrogen-bond donors (Lipinski definition) is 7. The van der Waals surface area contributed by atoms with Gasteiger partial charge in [-0.1, -0.05) is 11.8 Å². The van der Waals surface area contributed by atoms with Crippen LogP contribution in [0.25, 0.3) is 22.3 Å². The van der Waals surface area contributed by atoms with Gasteiger partial charge in [0.05, 0.1) is 44.6 Å². The van der Waals surface area contributed by atoms with Crippen LogP contribution in [-0.2, 0) is 47.1 Å². The number of aliphatic hydroxyl groups is 2. The third kappa shape index (κ3) is 5.56. The van der Waals surface area contributed by atoms with E-state index >= 15 is 0 Å². The van der Waals surface area contributed by atoms with E-state index in [1.165, 1.54) is 28.1 Å². The molecular weight excluding hydrogens is 678 g/mol. The van der Waals surface area contributed by atoms with E-state index in [4.69, 9.17) is 54.0 Å². The number of rotatable bonds is 2. The second-order valence-corrected chi connectivity index (χ2v) is 16.3. The van der Waals surface area contributed by atoms with E-state index in [1.54, 1.807) is 0 Å². The Morgan fingerprint density at radius 2 is 1.56 bits per heavy atom. The van der Waals surface area contributed by atoms with Gasteiger partial charge in [0.1, 0.15) is 43.0 Å². The van der Waals surface area contributed by atoms with Crippen LogP contribution in [0.15, 0.2) is 23.8 Å². The number of ether oxygens (including phenoxy) is 2. The predicted octanol–water partition coefficient (Wildman–Crippen LogP) is -3.16. The molecule has 3 saturated heterocycles. The molecule has 9 N–H and O–H groups in total. The second kappa shape index (κ2) is 11.3. The van der Waals surface area contributed by atoms with Crippen LogP contribution in [0.1, 0.15) is 12.5 Å². The summed E-state index contributed by atoms with van der Waals surface area (Å²) in [4.78, 5) is 48.4. The Morgan fingerprint density at radius 3 is 2.24 bits per heavy atom. The van der Waals surface area contributed by atoms with Crippen LogP contribution >= 0.6 is 13.4 Å². The van der Waals surface area contributed by atoms with Gasteiger partial charge in [0, 0.05) is 0 Å². The summed E-state index contributed by atoms with van der Waals surface area (Å²) in [7, 11) is 0. The third-order valence-corrected chi connectivity index (χ3v) is 11.0. The normalized spacial score (nSPS) is 37.7. The standard InChI is InChI=1S/C20H26N12O9P2S2/c21-14-10-15(24-3-23-14)31(4-25-10)18-12(33)8-6(40-18)1-38-43(37,45)30-9-7(2-39-42(36,44)29-8)41-19(13(9)34)32-5-26-11-16(32)27-20(22)28-17(11)35/h3-9,12-13,18-19,33-34H,1-2H2,(H2,21,23,24)(H2,29,36,44)(H2,30,37,45)(H3,22,27,28,35)/p-2/t6-,7-,8?,9+,12+,13?,18-,19-,42?,43?/m1/s1. The summed E-state index contributed by atoms with van der Waals surface area (Å²) in [5, 5.41) is 27.8. The quantitative estimate of drug-likeness (QED) is 0.0801. The van der Waals surface area contributed by atoms with Gasteiger partial charge in [0.15, 0.2) is 35.1 Å². The van der Waals surface area contributed by atoms with Gasteiger partial charge in [-0.15, -0.1) is 0 Å². The Morgan fingerprint density at radius 1 is 0.956 bits per heavy atom. The molecule has 4 aromatic heterocycles. The number of imidazole rings is 2. The molecule has 21 nitrogen and oxygen atoms in total. The largest absolute Gasteiger partial charge is 0.789 e. The number of aromatic nitrogens is 8. The maximum Gasteiger partial charge on any atom is 0.280 e. The third-order valence-electron chi connectivity index (χ3n) is 7.57. The lowest BCUT2D eigenvalue weighted by atomic mass is 10.1. The minimum absolute atomic E-state index is 0.000263. The Labute approximate surface area is 261 Å². The van der Waals surface area contributed by atoms with Crippen molar-refractivity contribution >= 4 is 71.5 Å². The molecule has 7 rings (SSSR count). The number of nitrogens with zero attached hydrogens (tertiary/aromatic N) is 7. The number of aromatic amines is 1. The second-order valence-electron chi connectivity index (χ2n) is 10.4. The molecule has 0 bridgehead atoms. The summed E-state index contributed by atoms with van der Waals surface area (Å²) < 4.78 is 39.3. The van der Waals surface area contributed by atoms with E-state index in [1.807, 2.05) is 0 Å². The number of H-pyrrole nitrogens is 1. The number of nitrogen functional groups attached to an aromatic ring is 2. The summed E-state index contributed by atoms with van der Waals surface area (Å²) >= 11 is 10.5. The first-order chi connectivity index (χ1) is 21.3. The number of fused-ring (bicyclic) bond motifs is 4. The van der Waals surface area contributed by atoms with Gasteiger partial charge in [0.25, 0.3) is 5.56 Å². The molecule has 4 unspecified atom stereocenters. The summed E-state index contributed by atoms with van der Waals surface area (Å²) in [5.74, 6) is -0.0969. The van der Waals surface area contributed by atoms with Crippen molar-refractivity contribution in [3.05, 3.63) is 29.3 Å². The lowest BCUT2D eigenvalue weighted by molar-refractivity contribution is -0.190. The van der Waals surface area contributed by atoms with Crippen molar-refractivity contribution in [2.45, 2.75) is 49.0 Å². The molecule has 0 aromatic carbocycles. The highest BCUT2D eigenvalue weighted by molar-refractivity contribution is 8.33. The molecule has 3 aliphatic heterocycles. The highest BCUT2D eigenvalue weighted by atomic mass is 32.7. The molecule has 25 heteroatoms. The monoisotopic (exact) mass is 702 g/mol. The average molecular weight is 703 g/mol. The molecule has 10 atom stereocenters. The maximum atomic E-state index is 13.5. The van der Waals surface area contributed by atoms with Crippen molar-refractivity contribution in [3.63, 3.8) is 0 Å². The molecule has 4 aromatic rings. The van der Waals surface area contributed by atoms with Gasteiger partial charge in [-0.3, -0.25) is 29.1 Å². The number of aliphatic hydroxyl groups excluding tert-OH is 2. The smallest absolute Gasteiger partial charge is 0.280 e. The van der Waals surface area contributed by atoms with Gasteiger partial charge < -0.3 is 61.9 Å². The number of hydrogen-bond acceptors (Lipinski definition) is 18. The molecule has 0 amide bonds. The van der Waals surface area contributed by atoms with Crippen LogP contribution in [0.5, 0.6) is 0 Å². The molecule has 0 aliphatic carbocycles. The van der Waals surface area contributed by atoms with Crippen LogP contribution in [0.2, 0.25) is 0 Å². The fourth-order valence-electron chi connectivity index (χ4n) is 5.52. The first-order valence-electron chi connectivity index (χ1n) is 13.1. The van der Waals surface area contributed by atoms with Gasteiger partial charge >= 0.3 is 0 Å². The zero-order chi connectivity index (χ0) is 31.8. The summed E-state index contributed by atoms with van der Waals surface area (Å²) in [6.07, 6.45) is -3.85. The van der Waals surface area contributed by atoms with Gasteiger partial charge in [-0.25, -0.2) is 19.9 Å². The topological polar surface area (TPSA) is 301 Å². The van der Waals surface area contributed by atoms with E-state index in [0.29, 0.717) is 0 Å². The lowest BCUT2D eigenvalue weighted by Gasteiger charge is -2.38. The van der Waals surface area contributed by atoms with Crippen LogP contribution in [0, 0.1) is 0 Å². The van der Waals surface area contributed by atoms with Crippen LogP contribution in [-0.4, -0.2) is 99.0 Å². The van der Waals surface area contributed by atoms with E-state index in [2.05, 4.69) is 40.1 Å². The molecule has 242 valence electrons. The van der Waals surface area contributed by atoms with E-state index in [0.717, 1.165) is 0 Å². The van der Waals surface area contributed by atoms with Crippen molar-refractivity contribution in [3.8, 4) is 0 Å². The maximum absolute atomic E-state index is 13.5. The molecule has 0 spiro atoms. The average Bonchev–Trinajstić information content (AvgIpc) is 3.72. The molecule has 45 heavy (non-hydrogen) atoms. The minimum atomic E-state index is -4.16. The van der Waals surface area contributed by atoms with Crippen LogP contribution < -0.4 is 32.1 Å². The van der Waals surface area contributed by atoms with E-state index in [-0.39, 0.29) is 34.1 Å². The first kappa shape index (κ1) is 31.0. The lowest BCUT2D eigenvalue weighted by Crippen LogP contribution is -2.49. The number of nitrogens with two attached hydrogens (primary N) is 2. The van der Waals surface area contributed by atoms with Crippen molar-refractivity contribution in [1.82, 2.24) is 49.2 Å². The molecule has 0 radical (unpaired) electrons. The van der Waals surface area contributed by atoms with E-state index in [9.17, 15) is 24.5 Å². The fraction of sp³-hybridized carbons (Fsp3) is 0.500. The fourth-order valence-corrected chi connectivity index (χ4v) is 8.82. The molecule has 3 aliphatic rings. The predicted molar refractivity (Wildman–Crippen MR) is 157 cm³/mol. The zero-order valence-corrected chi connectivity index (χ0v) is 25.9. The Bertz CT molecular complexity index is 1940. The summed E-state index contributed by atoms with van der Waals surface area (Å²) in [5.41, 5.74) is 11.4. The summed E-state index contributed by atoms with van der Waals surface area (Å²) in [6, 6.07) is -2.39. The van der Waals surface area contributed by atoms with Crippen molar-refractivity contribution in [2.75, 3.05) is 24.7 Å². The van der Waals surface area contributed by atoms with Crippen molar-refractivity contribution < 1.29 is 38.2 Å². The van der Waals surface area contributed by atoms with E-state index < -0.39 is 81.1 Å². The molecule has 3 fully saturated rings. The van der Waals surface area contributed by atoms with Crippen molar-refractivity contribution in [2.24, 2.45) is 0 Å². The number of anilines is 2. The van der Waals surface area contributed by atoms with Gasteiger partial charge in [-0.2, -0.15) is 4.98 Å². The highest BCUT2D eigenvalue weighted by Crippen LogP contribution is 2.47. The Kier molecular flexibility index (Phi) is 7.76. The number of nitrogens with one attached hydrogen (secondary N) is 3. The summed E-state index contributed by atoms with van der Waals surface area (Å²) in [6.45, 7) is -9.29. The van der Waals surface area contributed by atoms with Crippen LogP contribution in [0.4, 0.5) is 11.8 Å². The molecular formula is C20H24N12O9P2S2-2. The van der Waals surface area contributed by atoms with Gasteiger partial charge in [0.2, 0.25) is 5.95 Å². The molecule has 0 saturated carbocycles. The molecule has 7 heterocycles. The van der Waals surface area contributed by atoms with Crippen molar-refractivity contribution in [1.29, 1.82) is 0 Å².